The molecular formula is C18H19NO6. The maximum absolute atomic E-state index is 12.8. The molecule has 2 aliphatic heterocycles. The van der Waals surface area contributed by atoms with Crippen molar-refractivity contribution in [2.45, 2.75) is 37.2 Å². The summed E-state index contributed by atoms with van der Waals surface area (Å²) in [6.07, 6.45) is 1.52. The van der Waals surface area contributed by atoms with Crippen LogP contribution in [-0.4, -0.2) is 46.9 Å². The molecule has 1 aromatic rings. The van der Waals surface area contributed by atoms with Crippen molar-refractivity contribution in [1.29, 1.82) is 0 Å². The van der Waals surface area contributed by atoms with Crippen LogP contribution in [0.15, 0.2) is 35.5 Å². The van der Waals surface area contributed by atoms with Crippen LogP contribution in [0.4, 0.5) is 0 Å². The number of ketones is 1. The largest absolute Gasteiger partial charge is 0.459 e. The maximum Gasteiger partial charge on any atom is 0.339 e. The van der Waals surface area contributed by atoms with Crippen molar-refractivity contribution in [1.82, 2.24) is 5.32 Å². The Bertz CT molecular complexity index is 797. The molecule has 4 rings (SSSR count). The van der Waals surface area contributed by atoms with Gasteiger partial charge >= 0.3 is 5.97 Å². The molecule has 0 amide bonds. The predicted octanol–water partition coefficient (Wildman–Crippen LogP) is 0.358. The van der Waals surface area contributed by atoms with Crippen molar-refractivity contribution in [3.8, 4) is 0 Å². The molecule has 7 nitrogen and oxygen atoms in total. The van der Waals surface area contributed by atoms with E-state index >= 15 is 0 Å². The Morgan fingerprint density at radius 2 is 2.16 bits per heavy atom. The number of carbonyl (C=O) groups excluding carboxylic acids is 2. The number of nitrogens with one attached hydrogen (secondary N) is 1. The van der Waals surface area contributed by atoms with Crippen LogP contribution in [-0.2, 0) is 20.0 Å². The molecule has 25 heavy (non-hydrogen) atoms. The van der Waals surface area contributed by atoms with Gasteiger partial charge in [0.05, 0.1) is 6.10 Å². The SMILES string of the molecule is CC1=C(C(=O)OC[C@@H]2CCCO2)[C@@]2(O)C(=O)c3ccccc3[C@]2(O)N1. The second-order valence-corrected chi connectivity index (χ2v) is 6.65. The van der Waals surface area contributed by atoms with E-state index in [1.807, 2.05) is 0 Å². The molecule has 0 radical (unpaired) electrons. The Morgan fingerprint density at radius 3 is 2.88 bits per heavy atom. The third-order valence-corrected chi connectivity index (χ3v) is 5.15. The van der Waals surface area contributed by atoms with Gasteiger partial charge in [-0.25, -0.2) is 4.79 Å². The lowest BCUT2D eigenvalue weighted by Crippen LogP contribution is -2.56. The van der Waals surface area contributed by atoms with Crippen molar-refractivity contribution in [3.05, 3.63) is 46.7 Å². The number of hydrogen-bond donors (Lipinski definition) is 3. The molecule has 1 fully saturated rings. The third-order valence-electron chi connectivity index (χ3n) is 5.15. The number of aliphatic hydroxyl groups is 2. The van der Waals surface area contributed by atoms with Gasteiger partial charge in [0.1, 0.15) is 12.2 Å². The Labute approximate surface area is 144 Å². The van der Waals surface area contributed by atoms with E-state index in [9.17, 15) is 19.8 Å². The molecule has 0 spiro atoms. The van der Waals surface area contributed by atoms with Crippen LogP contribution < -0.4 is 5.32 Å². The monoisotopic (exact) mass is 345 g/mol. The van der Waals surface area contributed by atoms with Gasteiger partial charge in [-0.15, -0.1) is 0 Å². The second kappa shape index (κ2) is 5.39. The van der Waals surface area contributed by atoms with Crippen molar-refractivity contribution in [2.24, 2.45) is 0 Å². The zero-order valence-corrected chi connectivity index (χ0v) is 13.7. The molecule has 0 saturated carbocycles. The van der Waals surface area contributed by atoms with Crippen LogP contribution in [0.5, 0.6) is 0 Å². The van der Waals surface area contributed by atoms with E-state index in [0.717, 1.165) is 12.8 Å². The van der Waals surface area contributed by atoms with E-state index in [4.69, 9.17) is 9.47 Å². The molecule has 0 aromatic heterocycles. The van der Waals surface area contributed by atoms with E-state index < -0.39 is 23.1 Å². The van der Waals surface area contributed by atoms with Crippen molar-refractivity contribution in [3.63, 3.8) is 0 Å². The first-order chi connectivity index (χ1) is 11.9. The van der Waals surface area contributed by atoms with Crippen molar-refractivity contribution >= 4 is 11.8 Å². The number of benzene rings is 1. The fraction of sp³-hybridized carbons (Fsp3) is 0.444. The highest BCUT2D eigenvalue weighted by atomic mass is 16.6. The van der Waals surface area contributed by atoms with Crippen LogP contribution in [0.25, 0.3) is 0 Å². The zero-order chi connectivity index (χ0) is 17.8. The maximum atomic E-state index is 12.8. The minimum Gasteiger partial charge on any atom is -0.459 e. The van der Waals surface area contributed by atoms with E-state index in [0.29, 0.717) is 6.61 Å². The molecular weight excluding hydrogens is 326 g/mol. The van der Waals surface area contributed by atoms with Gasteiger partial charge in [0.15, 0.2) is 0 Å². The summed E-state index contributed by atoms with van der Waals surface area (Å²) < 4.78 is 10.7. The average molecular weight is 345 g/mol. The number of fused-ring (bicyclic) bond motifs is 3. The molecule has 132 valence electrons. The van der Waals surface area contributed by atoms with E-state index in [1.165, 1.54) is 13.0 Å². The zero-order valence-electron chi connectivity index (χ0n) is 13.7. The Hall–Kier alpha value is -2.22. The highest BCUT2D eigenvalue weighted by molar-refractivity contribution is 6.16. The van der Waals surface area contributed by atoms with Gasteiger partial charge in [-0.1, -0.05) is 24.3 Å². The fourth-order valence-corrected chi connectivity index (χ4v) is 3.93. The summed E-state index contributed by atoms with van der Waals surface area (Å²) in [4.78, 5) is 25.4. The second-order valence-electron chi connectivity index (χ2n) is 6.65. The molecule has 1 aromatic carbocycles. The summed E-state index contributed by atoms with van der Waals surface area (Å²) >= 11 is 0. The number of hydrogen-bond acceptors (Lipinski definition) is 7. The summed E-state index contributed by atoms with van der Waals surface area (Å²) in [5.74, 6) is -1.56. The Morgan fingerprint density at radius 1 is 1.40 bits per heavy atom. The lowest BCUT2D eigenvalue weighted by molar-refractivity contribution is -0.149. The molecule has 3 atom stereocenters. The number of ether oxygens (including phenoxy) is 2. The van der Waals surface area contributed by atoms with Crippen LogP contribution in [0.2, 0.25) is 0 Å². The molecule has 0 bridgehead atoms. The van der Waals surface area contributed by atoms with E-state index in [2.05, 4.69) is 5.32 Å². The summed E-state index contributed by atoms with van der Waals surface area (Å²) in [6.45, 7) is 2.20. The van der Waals surface area contributed by atoms with Gasteiger partial charge in [0.25, 0.3) is 0 Å². The predicted molar refractivity (Wildman–Crippen MR) is 85.4 cm³/mol. The highest BCUT2D eigenvalue weighted by Gasteiger charge is 2.70. The van der Waals surface area contributed by atoms with Crippen LogP contribution in [0.1, 0.15) is 35.7 Å². The minimum atomic E-state index is -2.41. The topological polar surface area (TPSA) is 105 Å². The molecule has 1 saturated heterocycles. The number of allylic oxidation sites excluding steroid dienone is 1. The number of esters is 1. The lowest BCUT2D eigenvalue weighted by Gasteiger charge is -2.32. The van der Waals surface area contributed by atoms with Crippen LogP contribution in [0.3, 0.4) is 0 Å². The van der Waals surface area contributed by atoms with Crippen LogP contribution >= 0.6 is 0 Å². The Balaban J connectivity index is 1.67. The standard InChI is InChI=1S/C18H19NO6/c1-10-14(16(21)25-9-11-5-4-8-24-11)17(22)15(20)12-6-2-3-7-13(12)18(17,23)19-10/h2-3,6-7,11,19,22-23H,4-5,8-9H2,1H3/t11-,17+,18+/m0/s1. The molecule has 1 aliphatic carbocycles. The van der Waals surface area contributed by atoms with Gasteiger partial charge in [-0.3, -0.25) is 4.79 Å². The molecule has 3 N–H and O–H groups in total. The van der Waals surface area contributed by atoms with Gasteiger partial charge < -0.3 is 25.0 Å². The number of Topliss-reactive ketones (excluding diaryl/α,β-unsaturated/α-hetero) is 1. The van der Waals surface area contributed by atoms with Crippen LogP contribution in [0, 0.1) is 0 Å². The molecule has 7 heteroatoms. The van der Waals surface area contributed by atoms with Gasteiger partial charge in [-0.05, 0) is 19.8 Å². The third kappa shape index (κ3) is 2.03. The first kappa shape index (κ1) is 16.3. The average Bonchev–Trinajstić information content (AvgIpc) is 3.22. The fourth-order valence-electron chi connectivity index (χ4n) is 3.93. The van der Waals surface area contributed by atoms with Gasteiger partial charge in [0.2, 0.25) is 17.1 Å². The quantitative estimate of drug-likeness (QED) is 0.679. The summed E-state index contributed by atoms with van der Waals surface area (Å²) in [5, 5.41) is 24.9. The first-order valence-electron chi connectivity index (χ1n) is 8.27. The number of carbonyl (C=O) groups is 2. The molecule has 3 aliphatic rings. The van der Waals surface area contributed by atoms with Gasteiger partial charge in [0, 0.05) is 23.4 Å². The smallest absolute Gasteiger partial charge is 0.339 e. The van der Waals surface area contributed by atoms with Gasteiger partial charge in [-0.2, -0.15) is 0 Å². The normalized spacial score (nSPS) is 33.2. The summed E-state index contributed by atoms with van der Waals surface area (Å²) in [6, 6.07) is 6.35. The molecule has 0 unspecified atom stereocenters. The first-order valence-corrected chi connectivity index (χ1v) is 8.27. The molecule has 2 heterocycles. The lowest BCUT2D eigenvalue weighted by atomic mass is 9.85. The Kier molecular flexibility index (Phi) is 3.50. The van der Waals surface area contributed by atoms with E-state index in [-0.39, 0.29) is 35.1 Å². The summed E-state index contributed by atoms with van der Waals surface area (Å²) in [7, 11) is 0. The van der Waals surface area contributed by atoms with E-state index in [1.54, 1.807) is 18.2 Å². The number of rotatable bonds is 3. The minimum absolute atomic E-state index is 0.0469. The summed E-state index contributed by atoms with van der Waals surface area (Å²) in [5.41, 5.74) is -4.11. The van der Waals surface area contributed by atoms with Crippen molar-refractivity contribution < 1.29 is 29.3 Å². The van der Waals surface area contributed by atoms with Crippen molar-refractivity contribution in [2.75, 3.05) is 13.2 Å². The highest BCUT2D eigenvalue weighted by Crippen LogP contribution is 2.51.